The van der Waals surface area contributed by atoms with E-state index in [0.29, 0.717) is 5.69 Å². The topological polar surface area (TPSA) is 114 Å². The van der Waals surface area contributed by atoms with Crippen LogP contribution in [0.4, 0.5) is 17.2 Å². The van der Waals surface area contributed by atoms with Crippen LogP contribution in [-0.2, 0) is 16.6 Å². The van der Waals surface area contributed by atoms with Crippen molar-refractivity contribution in [1.29, 1.82) is 0 Å². The molecule has 0 amide bonds. The molecule has 0 aliphatic carbocycles. The van der Waals surface area contributed by atoms with Gasteiger partial charge in [-0.2, -0.15) is 0 Å². The number of pyridine rings is 1. The van der Waals surface area contributed by atoms with Gasteiger partial charge in [-0.25, -0.2) is 13.4 Å². The van der Waals surface area contributed by atoms with Gasteiger partial charge in [0.25, 0.3) is 0 Å². The van der Waals surface area contributed by atoms with Crippen LogP contribution in [0.15, 0.2) is 42.6 Å². The highest BCUT2D eigenvalue weighted by Gasteiger charge is 2.13. The minimum Gasteiger partial charge on any atom is -0.360 e. The molecule has 0 atom stereocenters. The fourth-order valence-corrected chi connectivity index (χ4v) is 2.38. The maximum atomic E-state index is 11.2. The fourth-order valence-electron chi connectivity index (χ4n) is 1.82. The molecular weight excluding hydrogens is 308 g/mol. The van der Waals surface area contributed by atoms with E-state index in [4.69, 9.17) is 0 Å². The molecule has 2 aromatic rings. The number of sulfonamides is 1. The van der Waals surface area contributed by atoms with Crippen LogP contribution in [0.2, 0.25) is 0 Å². The van der Waals surface area contributed by atoms with Crippen molar-refractivity contribution in [2.45, 2.75) is 6.54 Å². The van der Waals surface area contributed by atoms with Crippen LogP contribution in [0.3, 0.4) is 0 Å². The fraction of sp³-hybridized carbons (Fsp3) is 0.154. The van der Waals surface area contributed by atoms with E-state index in [1.54, 1.807) is 24.3 Å². The quantitative estimate of drug-likeness (QED) is 0.621. The maximum Gasteiger partial charge on any atom is 0.311 e. The number of aromatic nitrogens is 1. The molecule has 0 saturated carbocycles. The van der Waals surface area contributed by atoms with Crippen LogP contribution in [0.25, 0.3) is 0 Å². The Hall–Kier alpha value is -2.68. The van der Waals surface area contributed by atoms with Crippen molar-refractivity contribution in [3.63, 3.8) is 0 Å². The number of nitrogens with one attached hydrogen (secondary N) is 2. The molecule has 8 nitrogen and oxygen atoms in total. The Morgan fingerprint density at radius 2 is 2.05 bits per heavy atom. The van der Waals surface area contributed by atoms with E-state index in [1.165, 1.54) is 18.3 Å². The van der Waals surface area contributed by atoms with Crippen molar-refractivity contribution >= 4 is 27.2 Å². The molecular formula is C13H14N4O4S. The van der Waals surface area contributed by atoms with Crippen molar-refractivity contribution in [3.05, 3.63) is 58.3 Å². The third-order valence-electron chi connectivity index (χ3n) is 2.67. The van der Waals surface area contributed by atoms with E-state index in [1.807, 2.05) is 0 Å². The summed E-state index contributed by atoms with van der Waals surface area (Å²) in [5.74, 6) is 0.161. The number of anilines is 2. The van der Waals surface area contributed by atoms with Crippen LogP contribution in [0.5, 0.6) is 0 Å². The van der Waals surface area contributed by atoms with Crippen molar-refractivity contribution in [3.8, 4) is 0 Å². The largest absolute Gasteiger partial charge is 0.360 e. The normalized spacial score (nSPS) is 11.0. The first-order valence-electron chi connectivity index (χ1n) is 6.25. The van der Waals surface area contributed by atoms with Gasteiger partial charge in [-0.05, 0) is 23.8 Å². The van der Waals surface area contributed by atoms with Gasteiger partial charge in [0, 0.05) is 24.5 Å². The molecule has 9 heteroatoms. The van der Waals surface area contributed by atoms with Gasteiger partial charge >= 0.3 is 5.69 Å². The standard InChI is InChI=1S/C13H14N4O4S/c1-22(20,21)16-11-5-2-4-10(8-11)9-15-13-12(17(18)19)6-3-7-14-13/h2-8,16H,9H2,1H3,(H,14,15). The van der Waals surface area contributed by atoms with Gasteiger partial charge in [-0.1, -0.05) is 12.1 Å². The average molecular weight is 322 g/mol. The second-order valence-electron chi connectivity index (χ2n) is 4.56. The van der Waals surface area contributed by atoms with Crippen LogP contribution >= 0.6 is 0 Å². The lowest BCUT2D eigenvalue weighted by molar-refractivity contribution is -0.384. The first-order chi connectivity index (χ1) is 10.3. The average Bonchev–Trinajstić information content (AvgIpc) is 2.44. The molecule has 1 aromatic carbocycles. The van der Waals surface area contributed by atoms with E-state index in [2.05, 4.69) is 15.0 Å². The summed E-state index contributed by atoms with van der Waals surface area (Å²) in [4.78, 5) is 14.3. The zero-order valence-corrected chi connectivity index (χ0v) is 12.5. The first-order valence-corrected chi connectivity index (χ1v) is 8.14. The molecule has 2 rings (SSSR count). The minimum absolute atomic E-state index is 0.118. The highest BCUT2D eigenvalue weighted by Crippen LogP contribution is 2.21. The molecule has 0 unspecified atom stereocenters. The van der Waals surface area contributed by atoms with Gasteiger partial charge in [0.05, 0.1) is 11.2 Å². The monoisotopic (exact) mass is 322 g/mol. The Balaban J connectivity index is 2.12. The number of hydrogen-bond acceptors (Lipinski definition) is 6. The number of nitrogens with zero attached hydrogens (tertiary/aromatic N) is 2. The van der Waals surface area contributed by atoms with Crippen molar-refractivity contribution < 1.29 is 13.3 Å². The van der Waals surface area contributed by atoms with Gasteiger partial charge in [-0.3, -0.25) is 14.8 Å². The summed E-state index contributed by atoms with van der Waals surface area (Å²) < 4.78 is 24.8. The SMILES string of the molecule is CS(=O)(=O)Nc1cccc(CNc2ncccc2[N+](=O)[O-])c1. The van der Waals surface area contributed by atoms with E-state index in [-0.39, 0.29) is 18.1 Å². The van der Waals surface area contributed by atoms with E-state index >= 15 is 0 Å². The van der Waals surface area contributed by atoms with Crippen LogP contribution in [0.1, 0.15) is 5.56 Å². The van der Waals surface area contributed by atoms with Crippen LogP contribution in [0, 0.1) is 10.1 Å². The highest BCUT2D eigenvalue weighted by molar-refractivity contribution is 7.92. The molecule has 0 bridgehead atoms. The van der Waals surface area contributed by atoms with Crippen LogP contribution < -0.4 is 10.0 Å². The third kappa shape index (κ3) is 4.42. The van der Waals surface area contributed by atoms with Gasteiger partial charge in [0.15, 0.2) is 0 Å². The van der Waals surface area contributed by atoms with Gasteiger partial charge < -0.3 is 5.32 Å². The maximum absolute atomic E-state index is 11.2. The molecule has 0 fully saturated rings. The summed E-state index contributed by atoms with van der Waals surface area (Å²) >= 11 is 0. The predicted octanol–water partition coefficient (Wildman–Crippen LogP) is 1.97. The van der Waals surface area contributed by atoms with E-state index in [9.17, 15) is 18.5 Å². The summed E-state index contributed by atoms with van der Waals surface area (Å²) in [6.45, 7) is 0.275. The van der Waals surface area contributed by atoms with Crippen molar-refractivity contribution in [1.82, 2.24) is 4.98 Å². The Bertz CT molecular complexity index is 792. The number of hydrogen-bond donors (Lipinski definition) is 2. The smallest absolute Gasteiger partial charge is 0.311 e. The van der Waals surface area contributed by atoms with E-state index < -0.39 is 14.9 Å². The lowest BCUT2D eigenvalue weighted by atomic mass is 10.2. The highest BCUT2D eigenvalue weighted by atomic mass is 32.2. The molecule has 0 radical (unpaired) electrons. The lowest BCUT2D eigenvalue weighted by Crippen LogP contribution is -2.10. The number of benzene rings is 1. The molecule has 0 aliphatic rings. The third-order valence-corrected chi connectivity index (χ3v) is 3.28. The molecule has 0 spiro atoms. The molecule has 1 aromatic heterocycles. The molecule has 2 N–H and O–H groups in total. The zero-order chi connectivity index (χ0) is 16.2. The molecule has 116 valence electrons. The first kappa shape index (κ1) is 15.7. The predicted molar refractivity (Wildman–Crippen MR) is 83.1 cm³/mol. The van der Waals surface area contributed by atoms with Crippen LogP contribution in [-0.4, -0.2) is 24.6 Å². The minimum atomic E-state index is -3.35. The summed E-state index contributed by atoms with van der Waals surface area (Å²) in [5, 5.41) is 13.8. The molecule has 22 heavy (non-hydrogen) atoms. The van der Waals surface area contributed by atoms with Gasteiger partial charge in [-0.15, -0.1) is 0 Å². The number of rotatable bonds is 6. The Morgan fingerprint density at radius 1 is 1.27 bits per heavy atom. The van der Waals surface area contributed by atoms with Gasteiger partial charge in [0.2, 0.25) is 15.8 Å². The molecule has 0 aliphatic heterocycles. The summed E-state index contributed by atoms with van der Waals surface area (Å²) in [6, 6.07) is 9.57. The lowest BCUT2D eigenvalue weighted by Gasteiger charge is -2.08. The van der Waals surface area contributed by atoms with E-state index in [0.717, 1.165) is 11.8 Å². The second kappa shape index (κ2) is 6.39. The Kier molecular flexibility index (Phi) is 4.56. The van der Waals surface area contributed by atoms with Gasteiger partial charge in [0.1, 0.15) is 0 Å². The Labute approximate surface area is 127 Å². The zero-order valence-electron chi connectivity index (χ0n) is 11.7. The molecule has 0 saturated heterocycles. The Morgan fingerprint density at radius 3 is 2.73 bits per heavy atom. The molecule has 1 heterocycles. The summed E-state index contributed by atoms with van der Waals surface area (Å²) in [5.41, 5.74) is 1.07. The van der Waals surface area contributed by atoms with Crippen molar-refractivity contribution in [2.24, 2.45) is 0 Å². The second-order valence-corrected chi connectivity index (χ2v) is 6.30. The van der Waals surface area contributed by atoms with Crippen molar-refractivity contribution in [2.75, 3.05) is 16.3 Å². The summed E-state index contributed by atoms with van der Waals surface area (Å²) in [6.07, 6.45) is 2.52. The summed E-state index contributed by atoms with van der Waals surface area (Å²) in [7, 11) is -3.35. The number of nitro groups is 1.